The number of rotatable bonds is 6. The molecule has 0 aliphatic carbocycles. The summed E-state index contributed by atoms with van der Waals surface area (Å²) < 4.78 is 10.2. The van der Waals surface area contributed by atoms with Crippen LogP contribution >= 0.6 is 23.6 Å². The molecule has 0 spiro atoms. The van der Waals surface area contributed by atoms with Crippen LogP contribution in [0.15, 0.2) is 30.3 Å². The van der Waals surface area contributed by atoms with Gasteiger partial charge in [0, 0.05) is 5.56 Å². The Morgan fingerprint density at radius 2 is 1.64 bits per heavy atom. The maximum absolute atomic E-state index is 13.0. The van der Waals surface area contributed by atoms with Gasteiger partial charge in [-0.15, -0.1) is 11.3 Å². The van der Waals surface area contributed by atoms with Gasteiger partial charge >= 0.3 is 11.9 Å². The molecular weight excluding hydrogens is 400 g/mol. The number of carbonyl (C=O) groups is 3. The Kier molecular flexibility index (Phi) is 7.24. The molecule has 0 saturated heterocycles. The third-order valence-electron chi connectivity index (χ3n) is 3.72. The Morgan fingerprint density at radius 3 is 2.18 bits per heavy atom. The smallest absolute Gasteiger partial charge is 0.348 e. The highest BCUT2D eigenvalue weighted by Gasteiger charge is 2.33. The number of thiophene rings is 1. The number of esters is 2. The van der Waals surface area contributed by atoms with Crippen LogP contribution in [-0.4, -0.2) is 36.2 Å². The van der Waals surface area contributed by atoms with Gasteiger partial charge in [-0.1, -0.05) is 18.2 Å². The van der Waals surface area contributed by atoms with Crippen molar-refractivity contribution >= 4 is 51.5 Å². The van der Waals surface area contributed by atoms with Gasteiger partial charge < -0.3 is 15.2 Å². The number of amides is 1. The van der Waals surface area contributed by atoms with Crippen LogP contribution in [-0.2, 0) is 9.47 Å². The van der Waals surface area contributed by atoms with E-state index in [0.717, 1.165) is 16.2 Å². The average molecular weight is 421 g/mol. The molecule has 1 aromatic carbocycles. The van der Waals surface area contributed by atoms with Gasteiger partial charge in [-0.05, 0) is 50.7 Å². The van der Waals surface area contributed by atoms with E-state index in [-0.39, 0.29) is 33.8 Å². The topological polar surface area (TPSA) is 98.9 Å². The fourth-order valence-electron chi connectivity index (χ4n) is 2.49. The molecule has 148 valence electrons. The average Bonchev–Trinajstić information content (AvgIpc) is 2.99. The summed E-state index contributed by atoms with van der Waals surface area (Å²) in [5, 5.41) is -0.128. The molecule has 0 bridgehead atoms. The van der Waals surface area contributed by atoms with Gasteiger partial charge in [-0.3, -0.25) is 4.79 Å². The fourth-order valence-corrected chi connectivity index (χ4v) is 3.93. The van der Waals surface area contributed by atoms with Crippen molar-refractivity contribution < 1.29 is 23.9 Å². The summed E-state index contributed by atoms with van der Waals surface area (Å²) in [7, 11) is 0. The minimum Gasteiger partial charge on any atom is -0.462 e. The van der Waals surface area contributed by atoms with Gasteiger partial charge in [0.05, 0.1) is 18.8 Å². The fraction of sp³-hybridized carbons (Fsp3) is 0.263. The molecule has 0 aliphatic rings. The van der Waals surface area contributed by atoms with Crippen LogP contribution in [0.25, 0.3) is 0 Å². The summed E-state index contributed by atoms with van der Waals surface area (Å²) in [5.41, 5.74) is 6.55. The zero-order valence-electron chi connectivity index (χ0n) is 15.7. The second-order valence-corrected chi connectivity index (χ2v) is 6.94. The van der Waals surface area contributed by atoms with Gasteiger partial charge in [0.1, 0.15) is 9.88 Å². The molecule has 7 nitrogen and oxygen atoms in total. The molecule has 0 aliphatic heterocycles. The van der Waals surface area contributed by atoms with Crippen LogP contribution in [0.4, 0.5) is 5.00 Å². The summed E-state index contributed by atoms with van der Waals surface area (Å²) in [6.07, 6.45) is 0. The number of hydrogen-bond donors (Lipinski definition) is 1. The molecule has 2 rings (SSSR count). The number of hydrogen-bond acceptors (Lipinski definition) is 7. The summed E-state index contributed by atoms with van der Waals surface area (Å²) in [6, 6.07) is 8.36. The summed E-state index contributed by atoms with van der Waals surface area (Å²) in [5.74, 6) is -1.80. The van der Waals surface area contributed by atoms with E-state index in [1.165, 1.54) is 0 Å². The number of ether oxygens (including phenoxy) is 2. The second-order valence-electron chi connectivity index (χ2n) is 5.52. The van der Waals surface area contributed by atoms with E-state index in [2.05, 4.69) is 0 Å². The largest absolute Gasteiger partial charge is 0.462 e. The van der Waals surface area contributed by atoms with Crippen LogP contribution in [0.1, 0.15) is 49.8 Å². The Balaban J connectivity index is 2.66. The van der Waals surface area contributed by atoms with E-state index < -0.39 is 17.8 Å². The molecular formula is C19H20N2O5S2. The molecule has 0 unspecified atom stereocenters. The predicted octanol–water partition coefficient (Wildman–Crippen LogP) is 3.30. The van der Waals surface area contributed by atoms with Crippen molar-refractivity contribution in [1.82, 2.24) is 0 Å². The first kappa shape index (κ1) is 21.5. The molecule has 0 atom stereocenters. The first-order valence-corrected chi connectivity index (χ1v) is 9.72. The Hall–Kier alpha value is -2.78. The Bertz CT molecular complexity index is 909. The molecule has 0 fully saturated rings. The van der Waals surface area contributed by atoms with Crippen molar-refractivity contribution in [2.45, 2.75) is 20.8 Å². The monoisotopic (exact) mass is 420 g/mol. The summed E-state index contributed by atoms with van der Waals surface area (Å²) >= 11 is 5.99. The highest BCUT2D eigenvalue weighted by molar-refractivity contribution is 7.80. The minimum atomic E-state index is -0.677. The van der Waals surface area contributed by atoms with Crippen LogP contribution in [0.3, 0.4) is 0 Å². The maximum Gasteiger partial charge on any atom is 0.348 e. The van der Waals surface area contributed by atoms with Gasteiger partial charge in [0.15, 0.2) is 5.11 Å². The van der Waals surface area contributed by atoms with Crippen LogP contribution in [0.5, 0.6) is 0 Å². The first-order chi connectivity index (χ1) is 13.3. The predicted molar refractivity (Wildman–Crippen MR) is 111 cm³/mol. The molecule has 1 heterocycles. The van der Waals surface area contributed by atoms with E-state index in [9.17, 15) is 14.4 Å². The Morgan fingerprint density at radius 1 is 1.07 bits per heavy atom. The van der Waals surface area contributed by atoms with E-state index in [1.807, 2.05) is 0 Å². The highest BCUT2D eigenvalue weighted by atomic mass is 32.1. The van der Waals surface area contributed by atoms with Crippen molar-refractivity contribution in [3.8, 4) is 0 Å². The van der Waals surface area contributed by atoms with Crippen LogP contribution < -0.4 is 10.6 Å². The van der Waals surface area contributed by atoms with E-state index in [4.69, 9.17) is 27.4 Å². The third kappa shape index (κ3) is 4.37. The lowest BCUT2D eigenvalue weighted by atomic mass is 10.1. The maximum atomic E-state index is 13.0. The van der Waals surface area contributed by atoms with Gasteiger partial charge in [-0.25, -0.2) is 14.5 Å². The summed E-state index contributed by atoms with van der Waals surface area (Å²) in [4.78, 5) is 39.1. The molecule has 0 saturated carbocycles. The normalized spacial score (nSPS) is 10.2. The van der Waals surface area contributed by atoms with Gasteiger partial charge in [-0.2, -0.15) is 0 Å². The zero-order valence-corrected chi connectivity index (χ0v) is 17.3. The molecule has 2 N–H and O–H groups in total. The van der Waals surface area contributed by atoms with Gasteiger partial charge in [0.25, 0.3) is 5.91 Å². The van der Waals surface area contributed by atoms with Crippen molar-refractivity contribution in [2.75, 3.05) is 18.1 Å². The van der Waals surface area contributed by atoms with Gasteiger partial charge in [0.2, 0.25) is 0 Å². The number of nitrogens with zero attached hydrogens (tertiary/aromatic N) is 1. The molecule has 28 heavy (non-hydrogen) atoms. The van der Waals surface area contributed by atoms with Crippen molar-refractivity contribution in [3.05, 3.63) is 51.9 Å². The number of benzene rings is 1. The summed E-state index contributed by atoms with van der Waals surface area (Å²) in [6.45, 7) is 5.22. The number of nitrogens with two attached hydrogens (primary N) is 1. The highest BCUT2D eigenvalue weighted by Crippen LogP contribution is 2.37. The molecule has 2 aromatic rings. The molecule has 1 aromatic heterocycles. The first-order valence-electron chi connectivity index (χ1n) is 8.49. The standard InChI is InChI=1S/C19H20N2O5S2/c1-4-25-17(23)13-11(3)14(18(24)26-5-2)28-16(13)21(19(20)27)15(22)12-9-7-6-8-10-12/h6-10H,4-5H2,1-3H3,(H2,20,27). The third-order valence-corrected chi connectivity index (χ3v) is 5.16. The van der Waals surface area contributed by atoms with Crippen LogP contribution in [0, 0.1) is 6.92 Å². The quantitative estimate of drug-likeness (QED) is 0.565. The Labute approximate surface area is 172 Å². The van der Waals surface area contributed by atoms with Crippen molar-refractivity contribution in [3.63, 3.8) is 0 Å². The lowest BCUT2D eigenvalue weighted by Gasteiger charge is -2.20. The van der Waals surface area contributed by atoms with E-state index >= 15 is 0 Å². The molecule has 0 radical (unpaired) electrons. The van der Waals surface area contributed by atoms with Crippen molar-refractivity contribution in [2.24, 2.45) is 5.73 Å². The lowest BCUT2D eigenvalue weighted by molar-refractivity contribution is 0.0527. The number of thiocarbonyl (C=S) groups is 1. The molecule has 9 heteroatoms. The lowest BCUT2D eigenvalue weighted by Crippen LogP contribution is -2.41. The SMILES string of the molecule is CCOC(=O)c1sc(N(C(=O)c2ccccc2)C(N)=S)c(C(=O)OCC)c1C. The second kappa shape index (κ2) is 9.43. The number of carbonyl (C=O) groups excluding carboxylic acids is 3. The van der Waals surface area contributed by atoms with E-state index in [0.29, 0.717) is 11.1 Å². The zero-order chi connectivity index (χ0) is 20.8. The molecule has 1 amide bonds. The number of anilines is 1. The van der Waals surface area contributed by atoms with E-state index in [1.54, 1.807) is 51.1 Å². The van der Waals surface area contributed by atoms with Crippen molar-refractivity contribution in [1.29, 1.82) is 0 Å². The minimum absolute atomic E-state index is 0.0620. The van der Waals surface area contributed by atoms with Crippen LogP contribution in [0.2, 0.25) is 0 Å².